The molecule has 0 atom stereocenters. The van der Waals surface area contributed by atoms with Crippen LogP contribution in [-0.4, -0.2) is 25.6 Å². The number of nitrogens with zero attached hydrogens (tertiary/aromatic N) is 4. The summed E-state index contributed by atoms with van der Waals surface area (Å²) >= 11 is 0. The second-order valence-electron chi connectivity index (χ2n) is 4.51. The minimum atomic E-state index is -0.451. The van der Waals surface area contributed by atoms with Gasteiger partial charge >= 0.3 is 0 Å². The molecule has 7 heteroatoms. The van der Waals surface area contributed by atoms with Crippen molar-refractivity contribution in [2.24, 2.45) is 0 Å². The van der Waals surface area contributed by atoms with Crippen molar-refractivity contribution in [2.75, 3.05) is 0 Å². The van der Waals surface area contributed by atoms with Gasteiger partial charge in [-0.25, -0.2) is 9.97 Å². The second kappa shape index (κ2) is 4.78. The fourth-order valence-electron chi connectivity index (χ4n) is 2.18. The van der Waals surface area contributed by atoms with Gasteiger partial charge in [-0.3, -0.25) is 19.3 Å². The highest BCUT2D eigenvalue weighted by Gasteiger charge is 2.18. The molecule has 3 aromatic rings. The Kier molecular flexibility index (Phi) is 2.94. The van der Waals surface area contributed by atoms with E-state index in [1.165, 1.54) is 6.07 Å². The molecule has 0 unspecified atom stereocenters. The standard InChI is InChI=1S/C14H10N4O3/c1-9-3-4-10(7-11(9)18(20)21)13-12(8-19)17-6-2-5-15-14(17)16-13/h2-8H,1H3. The van der Waals surface area contributed by atoms with Crippen LogP contribution in [0.1, 0.15) is 16.1 Å². The normalized spacial score (nSPS) is 10.7. The highest BCUT2D eigenvalue weighted by Crippen LogP contribution is 2.28. The summed E-state index contributed by atoms with van der Waals surface area (Å²) in [5.41, 5.74) is 1.76. The number of fused-ring (bicyclic) bond motifs is 1. The monoisotopic (exact) mass is 282 g/mol. The molecule has 1 aromatic carbocycles. The number of aryl methyl sites for hydroxylation is 1. The van der Waals surface area contributed by atoms with E-state index in [4.69, 9.17) is 0 Å². The second-order valence-corrected chi connectivity index (χ2v) is 4.51. The summed E-state index contributed by atoms with van der Waals surface area (Å²) in [5, 5.41) is 11.0. The average Bonchev–Trinajstić information content (AvgIpc) is 2.85. The number of benzene rings is 1. The van der Waals surface area contributed by atoms with Gasteiger partial charge in [0, 0.05) is 29.6 Å². The molecule has 104 valence electrons. The molecule has 0 bridgehead atoms. The Labute approximate surface area is 119 Å². The number of aromatic nitrogens is 3. The van der Waals surface area contributed by atoms with E-state index in [0.29, 0.717) is 34.6 Å². The number of nitro groups is 1. The summed E-state index contributed by atoms with van der Waals surface area (Å²) in [6.07, 6.45) is 3.91. The lowest BCUT2D eigenvalue weighted by atomic mass is 10.1. The summed E-state index contributed by atoms with van der Waals surface area (Å²) in [5.74, 6) is 0.373. The molecule has 0 fully saturated rings. The van der Waals surface area contributed by atoms with E-state index in [1.54, 1.807) is 41.9 Å². The van der Waals surface area contributed by atoms with Gasteiger partial charge in [-0.2, -0.15) is 0 Å². The van der Waals surface area contributed by atoms with Crippen LogP contribution in [0.25, 0.3) is 17.0 Å². The number of nitro benzene ring substituents is 1. The van der Waals surface area contributed by atoms with Crippen molar-refractivity contribution in [3.8, 4) is 11.3 Å². The SMILES string of the molecule is Cc1ccc(-c2nc3ncccn3c2C=O)cc1[N+](=O)[O-]. The van der Waals surface area contributed by atoms with Crippen LogP contribution in [-0.2, 0) is 0 Å². The first kappa shape index (κ1) is 12.9. The number of carbonyl (C=O) groups is 1. The van der Waals surface area contributed by atoms with E-state index in [1.807, 2.05) is 0 Å². The van der Waals surface area contributed by atoms with Gasteiger partial charge in [0.05, 0.1) is 4.92 Å². The van der Waals surface area contributed by atoms with Gasteiger partial charge < -0.3 is 0 Å². The number of rotatable bonds is 3. The maximum absolute atomic E-state index is 11.3. The van der Waals surface area contributed by atoms with Crippen LogP contribution >= 0.6 is 0 Å². The molecule has 2 heterocycles. The summed E-state index contributed by atoms with van der Waals surface area (Å²) in [7, 11) is 0. The molecule has 3 rings (SSSR count). The molecule has 2 aromatic heterocycles. The van der Waals surface area contributed by atoms with Crippen LogP contribution < -0.4 is 0 Å². The predicted molar refractivity (Wildman–Crippen MR) is 75.2 cm³/mol. The van der Waals surface area contributed by atoms with Crippen LogP contribution in [0.3, 0.4) is 0 Å². The van der Waals surface area contributed by atoms with Crippen LogP contribution in [0.5, 0.6) is 0 Å². The van der Waals surface area contributed by atoms with Crippen LogP contribution in [0.2, 0.25) is 0 Å². The van der Waals surface area contributed by atoms with Crippen molar-refractivity contribution in [1.29, 1.82) is 0 Å². The zero-order valence-corrected chi connectivity index (χ0v) is 11.1. The average molecular weight is 282 g/mol. The van der Waals surface area contributed by atoms with Gasteiger partial charge in [-0.15, -0.1) is 0 Å². The third-order valence-corrected chi connectivity index (χ3v) is 3.23. The minimum Gasteiger partial charge on any atom is -0.296 e. The predicted octanol–water partition coefficient (Wildman–Crippen LogP) is 2.43. The smallest absolute Gasteiger partial charge is 0.272 e. The first-order chi connectivity index (χ1) is 10.1. The van der Waals surface area contributed by atoms with Gasteiger partial charge in [0.25, 0.3) is 5.69 Å². The largest absolute Gasteiger partial charge is 0.296 e. The first-order valence-electron chi connectivity index (χ1n) is 6.15. The number of hydrogen-bond acceptors (Lipinski definition) is 5. The number of aldehydes is 1. The molecule has 0 spiro atoms. The molecular weight excluding hydrogens is 272 g/mol. The van der Waals surface area contributed by atoms with Gasteiger partial charge in [0.15, 0.2) is 6.29 Å². The lowest BCUT2D eigenvalue weighted by Crippen LogP contribution is -1.95. The Balaban J connectivity index is 2.27. The van der Waals surface area contributed by atoms with E-state index in [2.05, 4.69) is 9.97 Å². The van der Waals surface area contributed by atoms with Gasteiger partial charge in [0.2, 0.25) is 5.78 Å². The summed E-state index contributed by atoms with van der Waals surface area (Å²) in [6.45, 7) is 1.66. The van der Waals surface area contributed by atoms with Crippen molar-refractivity contribution in [3.63, 3.8) is 0 Å². The summed E-state index contributed by atoms with van der Waals surface area (Å²) in [4.78, 5) is 30.3. The molecule has 0 N–H and O–H groups in total. The highest BCUT2D eigenvalue weighted by molar-refractivity contribution is 5.86. The highest BCUT2D eigenvalue weighted by atomic mass is 16.6. The van der Waals surface area contributed by atoms with Gasteiger partial charge in [0.1, 0.15) is 11.4 Å². The van der Waals surface area contributed by atoms with Crippen LogP contribution in [0.15, 0.2) is 36.7 Å². The number of hydrogen-bond donors (Lipinski definition) is 0. The molecule has 21 heavy (non-hydrogen) atoms. The zero-order chi connectivity index (χ0) is 15.0. The van der Waals surface area contributed by atoms with Crippen molar-refractivity contribution < 1.29 is 9.72 Å². The van der Waals surface area contributed by atoms with Gasteiger partial charge in [-0.05, 0) is 13.0 Å². The summed E-state index contributed by atoms with van der Waals surface area (Å²) in [6, 6.07) is 6.45. The molecule has 0 saturated heterocycles. The Morgan fingerprint density at radius 1 is 1.38 bits per heavy atom. The lowest BCUT2D eigenvalue weighted by molar-refractivity contribution is -0.385. The quantitative estimate of drug-likeness (QED) is 0.418. The first-order valence-corrected chi connectivity index (χ1v) is 6.15. The molecule has 0 amide bonds. The maximum atomic E-state index is 11.3. The van der Waals surface area contributed by atoms with Crippen LogP contribution in [0.4, 0.5) is 5.69 Å². The van der Waals surface area contributed by atoms with Crippen molar-refractivity contribution in [2.45, 2.75) is 6.92 Å². The van der Waals surface area contributed by atoms with E-state index >= 15 is 0 Å². The maximum Gasteiger partial charge on any atom is 0.272 e. The number of carbonyl (C=O) groups excluding carboxylic acids is 1. The van der Waals surface area contributed by atoms with Crippen molar-refractivity contribution in [1.82, 2.24) is 14.4 Å². The van der Waals surface area contributed by atoms with Crippen molar-refractivity contribution >= 4 is 17.8 Å². The third-order valence-electron chi connectivity index (χ3n) is 3.23. The molecule has 0 aliphatic rings. The molecule has 0 saturated carbocycles. The lowest BCUT2D eigenvalue weighted by Gasteiger charge is -2.01. The van der Waals surface area contributed by atoms with E-state index in [0.717, 1.165) is 0 Å². The van der Waals surface area contributed by atoms with E-state index < -0.39 is 4.92 Å². The van der Waals surface area contributed by atoms with E-state index in [-0.39, 0.29) is 5.69 Å². The van der Waals surface area contributed by atoms with E-state index in [9.17, 15) is 14.9 Å². The Hall–Kier alpha value is -3.09. The fourth-order valence-corrected chi connectivity index (χ4v) is 2.18. The molecule has 0 radical (unpaired) electrons. The minimum absolute atomic E-state index is 0.00522. The fraction of sp³-hybridized carbons (Fsp3) is 0.0714. The zero-order valence-electron chi connectivity index (χ0n) is 11.1. The van der Waals surface area contributed by atoms with Crippen LogP contribution in [0, 0.1) is 17.0 Å². The molecule has 0 aliphatic heterocycles. The Morgan fingerprint density at radius 2 is 2.19 bits per heavy atom. The van der Waals surface area contributed by atoms with Crippen molar-refractivity contribution in [3.05, 3.63) is 58.0 Å². The topological polar surface area (TPSA) is 90.4 Å². The summed E-state index contributed by atoms with van der Waals surface area (Å²) < 4.78 is 1.55. The molecule has 0 aliphatic carbocycles. The van der Waals surface area contributed by atoms with Gasteiger partial charge in [-0.1, -0.05) is 12.1 Å². The third kappa shape index (κ3) is 2.04. The molecular formula is C14H10N4O3. The Bertz CT molecular complexity index is 870. The molecule has 7 nitrogen and oxygen atoms in total. The number of imidazole rings is 1. The Morgan fingerprint density at radius 3 is 2.90 bits per heavy atom.